The van der Waals surface area contributed by atoms with E-state index in [0.717, 1.165) is 50.7 Å². The maximum atomic E-state index is 12.6. The minimum Gasteiger partial charge on any atom is -0.367 e. The summed E-state index contributed by atoms with van der Waals surface area (Å²) in [6, 6.07) is 4.04. The van der Waals surface area contributed by atoms with Crippen LogP contribution in [0.15, 0.2) is 29.5 Å². The van der Waals surface area contributed by atoms with E-state index in [1.165, 1.54) is 18.4 Å². The van der Waals surface area contributed by atoms with Crippen LogP contribution in [0.4, 0.5) is 11.6 Å². The fourth-order valence-electron chi connectivity index (χ4n) is 3.71. The van der Waals surface area contributed by atoms with Gasteiger partial charge in [0.2, 0.25) is 5.95 Å². The molecule has 28 heavy (non-hydrogen) atoms. The predicted molar refractivity (Wildman–Crippen MR) is 109 cm³/mol. The molecule has 146 valence electrons. The highest BCUT2D eigenvalue weighted by molar-refractivity contribution is 5.59. The monoisotopic (exact) mass is 378 g/mol. The number of aromatic nitrogens is 3. The lowest BCUT2D eigenvalue weighted by Gasteiger charge is -2.36. The Hall–Kier alpha value is -2.88. The molecule has 1 aliphatic carbocycles. The number of piperazine rings is 1. The van der Waals surface area contributed by atoms with E-state index in [1.807, 2.05) is 24.7 Å². The number of hydrogen-bond acceptors (Lipinski definition) is 6. The number of nitriles is 1. The fourth-order valence-corrected chi connectivity index (χ4v) is 3.71. The van der Waals surface area contributed by atoms with Crippen molar-refractivity contribution in [1.29, 1.82) is 5.26 Å². The van der Waals surface area contributed by atoms with Crippen LogP contribution < -0.4 is 15.4 Å². The lowest BCUT2D eigenvalue weighted by molar-refractivity contribution is 0.607. The van der Waals surface area contributed by atoms with E-state index < -0.39 is 0 Å². The van der Waals surface area contributed by atoms with Crippen molar-refractivity contribution in [3.8, 4) is 6.07 Å². The molecule has 2 fully saturated rings. The van der Waals surface area contributed by atoms with Crippen LogP contribution in [0.1, 0.15) is 49.7 Å². The van der Waals surface area contributed by atoms with E-state index in [0.29, 0.717) is 12.5 Å². The third-order valence-electron chi connectivity index (χ3n) is 5.62. The van der Waals surface area contributed by atoms with Gasteiger partial charge in [0.25, 0.3) is 5.56 Å². The van der Waals surface area contributed by atoms with Gasteiger partial charge in [-0.05, 0) is 36.8 Å². The van der Waals surface area contributed by atoms with Crippen LogP contribution in [0.5, 0.6) is 0 Å². The molecule has 0 bridgehead atoms. The van der Waals surface area contributed by atoms with Gasteiger partial charge in [-0.15, -0.1) is 0 Å². The number of rotatable bonds is 6. The molecule has 2 aromatic rings. The highest BCUT2D eigenvalue weighted by Gasteiger charge is 2.26. The van der Waals surface area contributed by atoms with Crippen molar-refractivity contribution in [2.45, 2.75) is 45.1 Å². The standard InChI is InChI=1S/C21H26N6O/c1-2-3-7-26-8-6-19(18(13-22)20(26)28)25-9-11-27(12-10-25)21-23-14-17(15-24-21)16-4-5-16/h6,8,14-16H,2-5,7,9-12H2,1H3. The molecule has 7 nitrogen and oxygen atoms in total. The van der Waals surface area contributed by atoms with Gasteiger partial charge in [-0.3, -0.25) is 4.79 Å². The number of anilines is 2. The second-order valence-corrected chi connectivity index (χ2v) is 7.60. The average molecular weight is 378 g/mol. The molecule has 0 radical (unpaired) electrons. The molecule has 0 amide bonds. The van der Waals surface area contributed by atoms with E-state index in [1.54, 1.807) is 4.57 Å². The molecule has 1 saturated carbocycles. The molecule has 0 N–H and O–H groups in total. The van der Waals surface area contributed by atoms with Crippen LogP contribution in [0.2, 0.25) is 0 Å². The zero-order valence-corrected chi connectivity index (χ0v) is 16.3. The first-order valence-corrected chi connectivity index (χ1v) is 10.2. The lowest BCUT2D eigenvalue weighted by atomic mass is 10.2. The fraction of sp³-hybridized carbons (Fsp3) is 0.524. The smallest absolute Gasteiger partial charge is 0.270 e. The van der Waals surface area contributed by atoms with Crippen LogP contribution in [0.3, 0.4) is 0 Å². The second-order valence-electron chi connectivity index (χ2n) is 7.60. The molecule has 3 heterocycles. The predicted octanol–water partition coefficient (Wildman–Crippen LogP) is 2.51. The molecule has 1 aliphatic heterocycles. The molecule has 1 saturated heterocycles. The van der Waals surface area contributed by atoms with E-state index in [2.05, 4.69) is 32.8 Å². The summed E-state index contributed by atoms with van der Waals surface area (Å²) in [5.41, 5.74) is 2.04. The van der Waals surface area contributed by atoms with Gasteiger partial charge in [0.05, 0.1) is 5.69 Å². The van der Waals surface area contributed by atoms with Crippen LogP contribution in [0.25, 0.3) is 0 Å². The third-order valence-corrected chi connectivity index (χ3v) is 5.62. The summed E-state index contributed by atoms with van der Waals surface area (Å²) in [7, 11) is 0. The molecule has 0 aromatic carbocycles. The maximum absolute atomic E-state index is 12.6. The molecule has 4 rings (SSSR count). The summed E-state index contributed by atoms with van der Waals surface area (Å²) in [5, 5.41) is 9.57. The average Bonchev–Trinajstić information content (AvgIpc) is 3.58. The largest absolute Gasteiger partial charge is 0.367 e. The Morgan fingerprint density at radius 1 is 1.14 bits per heavy atom. The van der Waals surface area contributed by atoms with E-state index in [-0.39, 0.29) is 11.1 Å². The van der Waals surface area contributed by atoms with Crippen molar-refractivity contribution in [2.75, 3.05) is 36.0 Å². The van der Waals surface area contributed by atoms with E-state index >= 15 is 0 Å². The van der Waals surface area contributed by atoms with Crippen LogP contribution in [-0.2, 0) is 6.54 Å². The Labute approximate surface area is 165 Å². The number of hydrogen-bond donors (Lipinski definition) is 0. The zero-order valence-electron chi connectivity index (χ0n) is 16.3. The molecule has 0 spiro atoms. The van der Waals surface area contributed by atoms with Crippen LogP contribution in [0, 0.1) is 11.3 Å². The summed E-state index contributed by atoms with van der Waals surface area (Å²) >= 11 is 0. The highest BCUT2D eigenvalue weighted by atomic mass is 16.1. The first-order chi connectivity index (χ1) is 13.7. The Bertz CT molecular complexity index is 917. The number of pyridine rings is 1. The van der Waals surface area contributed by atoms with E-state index in [9.17, 15) is 10.1 Å². The zero-order chi connectivity index (χ0) is 19.5. The number of aryl methyl sites for hydroxylation is 1. The van der Waals surface area contributed by atoms with Gasteiger partial charge in [-0.2, -0.15) is 5.26 Å². The third kappa shape index (κ3) is 3.72. The first-order valence-electron chi connectivity index (χ1n) is 10.2. The molecule has 0 atom stereocenters. The summed E-state index contributed by atoms with van der Waals surface area (Å²) in [4.78, 5) is 26.0. The van der Waals surface area contributed by atoms with Gasteiger partial charge in [0.1, 0.15) is 11.6 Å². The minimum atomic E-state index is -0.185. The molecule has 7 heteroatoms. The molecule has 2 aromatic heterocycles. The van der Waals surface area contributed by atoms with Crippen molar-refractivity contribution in [3.05, 3.63) is 46.1 Å². The molecule has 0 unspecified atom stereocenters. The highest BCUT2D eigenvalue weighted by Crippen LogP contribution is 2.39. The van der Waals surface area contributed by atoms with Gasteiger partial charge < -0.3 is 14.4 Å². The van der Waals surface area contributed by atoms with Gasteiger partial charge in [0, 0.05) is 51.3 Å². The van der Waals surface area contributed by atoms with Crippen molar-refractivity contribution in [2.24, 2.45) is 0 Å². The molecular weight excluding hydrogens is 352 g/mol. The normalized spacial score (nSPS) is 16.9. The maximum Gasteiger partial charge on any atom is 0.270 e. The number of unbranched alkanes of at least 4 members (excludes halogenated alkanes) is 1. The Balaban J connectivity index is 1.45. The van der Waals surface area contributed by atoms with Crippen molar-refractivity contribution in [3.63, 3.8) is 0 Å². The SMILES string of the molecule is CCCCn1ccc(N2CCN(c3ncc(C4CC4)cn3)CC2)c(C#N)c1=O. The van der Waals surface area contributed by atoms with Crippen LogP contribution >= 0.6 is 0 Å². The second kappa shape index (κ2) is 8.01. The molecule has 2 aliphatic rings. The van der Waals surface area contributed by atoms with Gasteiger partial charge in [-0.1, -0.05) is 13.3 Å². The summed E-state index contributed by atoms with van der Waals surface area (Å²) in [6.07, 6.45) is 10.2. The summed E-state index contributed by atoms with van der Waals surface area (Å²) in [6.45, 7) is 5.76. The van der Waals surface area contributed by atoms with Gasteiger partial charge >= 0.3 is 0 Å². The summed E-state index contributed by atoms with van der Waals surface area (Å²) < 4.78 is 1.65. The van der Waals surface area contributed by atoms with Gasteiger partial charge in [0.15, 0.2) is 0 Å². The van der Waals surface area contributed by atoms with Crippen molar-refractivity contribution < 1.29 is 0 Å². The Morgan fingerprint density at radius 2 is 1.82 bits per heavy atom. The Morgan fingerprint density at radius 3 is 2.43 bits per heavy atom. The minimum absolute atomic E-state index is 0.185. The van der Waals surface area contributed by atoms with Gasteiger partial charge in [-0.25, -0.2) is 9.97 Å². The number of nitrogens with zero attached hydrogens (tertiary/aromatic N) is 6. The van der Waals surface area contributed by atoms with Crippen molar-refractivity contribution in [1.82, 2.24) is 14.5 Å². The summed E-state index contributed by atoms with van der Waals surface area (Å²) in [5.74, 6) is 1.43. The van der Waals surface area contributed by atoms with Crippen molar-refractivity contribution >= 4 is 11.6 Å². The first kappa shape index (κ1) is 18.5. The lowest BCUT2D eigenvalue weighted by Crippen LogP contribution is -2.47. The van der Waals surface area contributed by atoms with Crippen LogP contribution in [-0.4, -0.2) is 40.7 Å². The molecular formula is C21H26N6O. The van der Waals surface area contributed by atoms with E-state index in [4.69, 9.17) is 0 Å². The Kier molecular flexibility index (Phi) is 5.29. The topological polar surface area (TPSA) is 78.0 Å². The quantitative estimate of drug-likeness (QED) is 0.769.